The molecule has 2 atom stereocenters. The van der Waals surface area contributed by atoms with Gasteiger partial charge in [-0.3, -0.25) is 9.48 Å². The number of rotatable bonds is 2. The lowest BCUT2D eigenvalue weighted by atomic mass is 10.1. The fourth-order valence-electron chi connectivity index (χ4n) is 4.38. The number of ether oxygens (including phenoxy) is 2. The molecule has 2 aliphatic heterocycles. The molecule has 11 nitrogen and oxygen atoms in total. The lowest BCUT2D eigenvalue weighted by molar-refractivity contribution is 0.0347. The number of aryl methyl sites for hydroxylation is 2. The van der Waals surface area contributed by atoms with Crippen molar-refractivity contribution >= 4 is 17.7 Å². The number of fused-ring (bicyclic) bond motifs is 5. The standard InChI is InChI=1S/C24H30N8O3/c1-16-11-25-24(27-22(16)30(2)3)31-13-20-21(14-31)35-15-18-12-32(29-28-18)8-5-9-34-19-7-4-6-17(10-19)23(33)26-20/h4,6-7,10-12,20-21H,5,8-9,13-15H2,1-3H3,(H,26,33)/t20-,21-/m0/s1. The van der Waals surface area contributed by atoms with Crippen LogP contribution >= 0.6 is 0 Å². The zero-order valence-electron chi connectivity index (χ0n) is 20.2. The van der Waals surface area contributed by atoms with Crippen LogP contribution in [-0.4, -0.2) is 76.8 Å². The zero-order valence-corrected chi connectivity index (χ0v) is 20.2. The van der Waals surface area contributed by atoms with E-state index in [0.717, 1.165) is 23.5 Å². The highest BCUT2D eigenvalue weighted by molar-refractivity contribution is 5.94. The van der Waals surface area contributed by atoms with Crippen LogP contribution in [0.5, 0.6) is 5.75 Å². The van der Waals surface area contributed by atoms with E-state index >= 15 is 0 Å². The topological polar surface area (TPSA) is 111 Å². The molecule has 2 aliphatic rings. The van der Waals surface area contributed by atoms with Crippen LogP contribution in [0.4, 0.5) is 11.8 Å². The third-order valence-corrected chi connectivity index (χ3v) is 6.15. The molecule has 1 saturated heterocycles. The van der Waals surface area contributed by atoms with Crippen LogP contribution in [0, 0.1) is 6.92 Å². The molecule has 1 amide bonds. The number of amides is 1. The predicted molar refractivity (Wildman–Crippen MR) is 130 cm³/mol. The van der Waals surface area contributed by atoms with E-state index in [9.17, 15) is 4.79 Å². The fraction of sp³-hybridized carbons (Fsp3) is 0.458. The Bertz CT molecular complexity index is 1200. The Kier molecular flexibility index (Phi) is 6.49. The van der Waals surface area contributed by atoms with E-state index in [1.54, 1.807) is 16.8 Å². The van der Waals surface area contributed by atoms with E-state index in [2.05, 4.69) is 20.6 Å². The molecule has 184 valence electrons. The summed E-state index contributed by atoms with van der Waals surface area (Å²) in [7, 11) is 3.92. The number of carbonyl (C=O) groups excluding carboxylic acids is 1. The van der Waals surface area contributed by atoms with Crippen LogP contribution in [0.2, 0.25) is 0 Å². The summed E-state index contributed by atoms with van der Waals surface area (Å²) >= 11 is 0. The van der Waals surface area contributed by atoms with Crippen LogP contribution in [0.3, 0.4) is 0 Å². The Morgan fingerprint density at radius 1 is 1.23 bits per heavy atom. The van der Waals surface area contributed by atoms with E-state index in [1.165, 1.54) is 0 Å². The highest BCUT2D eigenvalue weighted by Crippen LogP contribution is 2.24. The van der Waals surface area contributed by atoms with Crippen LogP contribution in [0.25, 0.3) is 0 Å². The summed E-state index contributed by atoms with van der Waals surface area (Å²) in [6.07, 6.45) is 4.21. The molecule has 1 aromatic carbocycles. The summed E-state index contributed by atoms with van der Waals surface area (Å²) < 4.78 is 13.9. The predicted octanol–water partition coefficient (Wildman–Crippen LogP) is 1.43. The molecule has 3 aromatic rings. The first-order valence-corrected chi connectivity index (χ1v) is 11.8. The van der Waals surface area contributed by atoms with Gasteiger partial charge in [-0.05, 0) is 25.1 Å². The molecular weight excluding hydrogens is 448 g/mol. The van der Waals surface area contributed by atoms with Crippen molar-refractivity contribution in [1.29, 1.82) is 0 Å². The van der Waals surface area contributed by atoms with Gasteiger partial charge in [0.1, 0.15) is 17.3 Å². The lowest BCUT2D eigenvalue weighted by Crippen LogP contribution is -2.44. The number of anilines is 2. The average Bonchev–Trinajstić information content (AvgIpc) is 3.47. The van der Waals surface area contributed by atoms with Gasteiger partial charge in [0.25, 0.3) is 5.91 Å². The Morgan fingerprint density at radius 2 is 2.11 bits per heavy atom. The quantitative estimate of drug-likeness (QED) is 0.585. The van der Waals surface area contributed by atoms with E-state index in [4.69, 9.17) is 14.5 Å². The van der Waals surface area contributed by atoms with Crippen molar-refractivity contribution in [2.75, 3.05) is 43.6 Å². The van der Waals surface area contributed by atoms with E-state index in [1.807, 2.05) is 55.3 Å². The van der Waals surface area contributed by atoms with Gasteiger partial charge < -0.3 is 24.6 Å². The largest absolute Gasteiger partial charge is 0.494 e. The van der Waals surface area contributed by atoms with Gasteiger partial charge in [-0.25, -0.2) is 4.98 Å². The molecule has 4 bridgehead atoms. The number of hydrogen-bond donors (Lipinski definition) is 1. The molecule has 35 heavy (non-hydrogen) atoms. The normalized spacial score (nSPS) is 20.7. The summed E-state index contributed by atoms with van der Waals surface area (Å²) in [5.74, 6) is 1.96. The molecular formula is C24H30N8O3. The van der Waals surface area contributed by atoms with Crippen molar-refractivity contribution in [2.45, 2.75) is 38.6 Å². The SMILES string of the molecule is Cc1cnc(N2C[C@@H]3NC(=O)c4cccc(c4)OCCCn4cc(nn4)CO[C@H]3C2)nc1N(C)C. The molecule has 1 N–H and O–H groups in total. The minimum atomic E-state index is -0.274. The van der Waals surface area contributed by atoms with Crippen molar-refractivity contribution in [1.82, 2.24) is 30.3 Å². The van der Waals surface area contributed by atoms with Crippen molar-refractivity contribution in [3.63, 3.8) is 0 Å². The molecule has 0 radical (unpaired) electrons. The zero-order chi connectivity index (χ0) is 24.4. The Balaban J connectivity index is 1.41. The lowest BCUT2D eigenvalue weighted by Gasteiger charge is -2.20. The van der Waals surface area contributed by atoms with Gasteiger partial charge in [-0.2, -0.15) is 4.98 Å². The maximum absolute atomic E-state index is 13.1. The van der Waals surface area contributed by atoms with Crippen molar-refractivity contribution < 1.29 is 14.3 Å². The summed E-state index contributed by atoms with van der Waals surface area (Å²) in [5, 5.41) is 11.6. The second kappa shape index (κ2) is 9.87. The molecule has 2 aromatic heterocycles. The third kappa shape index (κ3) is 5.19. The van der Waals surface area contributed by atoms with Gasteiger partial charge in [0.2, 0.25) is 5.95 Å². The first-order valence-electron chi connectivity index (χ1n) is 11.8. The highest BCUT2D eigenvalue weighted by atomic mass is 16.5. The van der Waals surface area contributed by atoms with Crippen LogP contribution in [0.15, 0.2) is 36.7 Å². The monoisotopic (exact) mass is 478 g/mol. The highest BCUT2D eigenvalue weighted by Gasteiger charge is 2.36. The second-order valence-corrected chi connectivity index (χ2v) is 9.11. The number of nitrogens with one attached hydrogen (secondary N) is 1. The van der Waals surface area contributed by atoms with E-state index in [0.29, 0.717) is 50.1 Å². The average molecular weight is 479 g/mol. The number of aromatic nitrogens is 5. The van der Waals surface area contributed by atoms with E-state index in [-0.39, 0.29) is 18.1 Å². The minimum absolute atomic E-state index is 0.173. The molecule has 0 aliphatic carbocycles. The van der Waals surface area contributed by atoms with Gasteiger partial charge >= 0.3 is 0 Å². The second-order valence-electron chi connectivity index (χ2n) is 9.11. The van der Waals surface area contributed by atoms with Gasteiger partial charge in [0.15, 0.2) is 0 Å². The number of benzene rings is 1. The molecule has 0 saturated carbocycles. The summed E-state index contributed by atoms with van der Waals surface area (Å²) in [6, 6.07) is 6.98. The van der Waals surface area contributed by atoms with Crippen molar-refractivity contribution in [3.05, 3.63) is 53.5 Å². The van der Waals surface area contributed by atoms with Crippen LogP contribution in [0.1, 0.15) is 28.0 Å². The molecule has 4 heterocycles. The summed E-state index contributed by atoms with van der Waals surface area (Å²) in [5.41, 5.74) is 2.29. The van der Waals surface area contributed by atoms with Gasteiger partial charge in [0, 0.05) is 57.5 Å². The van der Waals surface area contributed by atoms with Crippen molar-refractivity contribution in [2.24, 2.45) is 0 Å². The molecule has 1 fully saturated rings. The smallest absolute Gasteiger partial charge is 0.251 e. The fourth-order valence-corrected chi connectivity index (χ4v) is 4.38. The maximum Gasteiger partial charge on any atom is 0.251 e. The first kappa shape index (κ1) is 23.0. The van der Waals surface area contributed by atoms with Crippen LogP contribution < -0.4 is 19.9 Å². The van der Waals surface area contributed by atoms with Crippen LogP contribution in [-0.2, 0) is 17.9 Å². The Morgan fingerprint density at radius 3 is 2.97 bits per heavy atom. The van der Waals surface area contributed by atoms with Gasteiger partial charge in [0.05, 0.1) is 31.6 Å². The first-order chi connectivity index (χ1) is 17.0. The minimum Gasteiger partial charge on any atom is -0.494 e. The Labute approximate surface area is 204 Å². The molecule has 0 spiro atoms. The van der Waals surface area contributed by atoms with E-state index < -0.39 is 0 Å². The molecule has 5 rings (SSSR count). The number of nitrogens with zero attached hydrogens (tertiary/aromatic N) is 7. The number of carbonyl (C=O) groups is 1. The maximum atomic E-state index is 13.1. The van der Waals surface area contributed by atoms with Gasteiger partial charge in [-0.15, -0.1) is 5.10 Å². The molecule has 0 unspecified atom stereocenters. The Hall–Kier alpha value is -3.73. The summed E-state index contributed by atoms with van der Waals surface area (Å²) in [6.45, 7) is 4.55. The summed E-state index contributed by atoms with van der Waals surface area (Å²) in [4.78, 5) is 26.5. The van der Waals surface area contributed by atoms with Gasteiger partial charge in [-0.1, -0.05) is 11.3 Å². The third-order valence-electron chi connectivity index (χ3n) is 6.15. The molecule has 11 heteroatoms. The van der Waals surface area contributed by atoms with Crippen molar-refractivity contribution in [3.8, 4) is 5.75 Å². The number of hydrogen-bond acceptors (Lipinski definition) is 9.